The molecule has 4 rings (SSSR count). The summed E-state index contributed by atoms with van der Waals surface area (Å²) in [4.78, 5) is 22.5. The van der Waals surface area contributed by atoms with Crippen LogP contribution in [0.4, 0.5) is 0 Å². The molecule has 0 N–H and O–H groups in total. The summed E-state index contributed by atoms with van der Waals surface area (Å²) in [5.41, 5.74) is 3.32. The molecule has 0 aliphatic carbocycles. The molecule has 1 aromatic heterocycles. The van der Waals surface area contributed by atoms with Crippen molar-refractivity contribution in [3.8, 4) is 17.0 Å². The van der Waals surface area contributed by atoms with Gasteiger partial charge in [0.15, 0.2) is 15.6 Å². The van der Waals surface area contributed by atoms with E-state index in [4.69, 9.17) is 16.3 Å². The highest BCUT2D eigenvalue weighted by Crippen LogP contribution is 2.29. The van der Waals surface area contributed by atoms with E-state index in [1.54, 1.807) is 30.6 Å². The molecule has 3 heterocycles. The Kier molecular flexibility index (Phi) is 5.85. The third-order valence-corrected chi connectivity index (χ3v) is 6.88. The fraction of sp³-hybridized carbons (Fsp3) is 0.318. The van der Waals surface area contributed by atoms with Gasteiger partial charge < -0.3 is 9.64 Å². The van der Waals surface area contributed by atoms with Gasteiger partial charge in [0.1, 0.15) is 17.7 Å². The average Bonchev–Trinajstić information content (AvgIpc) is 3.17. The van der Waals surface area contributed by atoms with Crippen LogP contribution in [0.2, 0.25) is 0 Å². The molecule has 1 aromatic carbocycles. The van der Waals surface area contributed by atoms with Crippen LogP contribution in [-0.4, -0.2) is 62.3 Å². The Morgan fingerprint density at radius 1 is 1.23 bits per heavy atom. The van der Waals surface area contributed by atoms with E-state index >= 15 is 0 Å². The number of sulfone groups is 1. The first kappa shape index (κ1) is 21.5. The maximum absolute atomic E-state index is 11.8. The van der Waals surface area contributed by atoms with Crippen molar-refractivity contribution in [2.75, 3.05) is 25.9 Å². The normalized spacial score (nSPS) is 19.3. The van der Waals surface area contributed by atoms with Crippen LogP contribution < -0.4 is 4.74 Å². The lowest BCUT2D eigenvalue weighted by atomic mass is 10.0. The van der Waals surface area contributed by atoms with Gasteiger partial charge in [-0.05, 0) is 41.8 Å². The van der Waals surface area contributed by atoms with Crippen LogP contribution in [0, 0.1) is 6.92 Å². The molecular weight excluding hydrogens is 438 g/mol. The van der Waals surface area contributed by atoms with Crippen LogP contribution in [0.15, 0.2) is 57.1 Å². The second kappa shape index (κ2) is 8.43. The molecule has 0 bridgehead atoms. The molecule has 1 saturated heterocycles. The maximum atomic E-state index is 11.8. The summed E-state index contributed by atoms with van der Waals surface area (Å²) in [6, 6.07) is 8.80. The highest BCUT2D eigenvalue weighted by atomic mass is 35.5. The number of halogens is 1. The van der Waals surface area contributed by atoms with Gasteiger partial charge in [-0.1, -0.05) is 17.7 Å². The van der Waals surface area contributed by atoms with E-state index < -0.39 is 9.84 Å². The van der Waals surface area contributed by atoms with Gasteiger partial charge >= 0.3 is 0 Å². The van der Waals surface area contributed by atoms with E-state index in [1.807, 2.05) is 24.0 Å². The fourth-order valence-electron chi connectivity index (χ4n) is 3.75. The standard InChI is InChI=1S/C22H22ClN3O4S/c1-14-9-17(31(2,28)29)3-4-18(14)15-5-7-25-21(10-15)30-16-6-8-26(13-16)19-11-24-12-20(27)22(19)23/h3-5,7,9-11,16H,6,8,12-13H2,1-2H3/t16-/m1/s1. The van der Waals surface area contributed by atoms with Gasteiger partial charge in [0.2, 0.25) is 5.88 Å². The lowest BCUT2D eigenvalue weighted by Crippen LogP contribution is -2.28. The molecule has 0 amide bonds. The molecule has 0 unspecified atom stereocenters. The quantitative estimate of drug-likeness (QED) is 0.682. The summed E-state index contributed by atoms with van der Waals surface area (Å²) < 4.78 is 29.7. The number of aryl methyl sites for hydroxylation is 1. The highest BCUT2D eigenvalue weighted by molar-refractivity contribution is 7.90. The zero-order chi connectivity index (χ0) is 22.2. The second-order valence-electron chi connectivity index (χ2n) is 7.70. The molecule has 2 aliphatic heterocycles. The largest absolute Gasteiger partial charge is 0.472 e. The molecule has 0 spiro atoms. The molecule has 2 aromatic rings. The first-order valence-corrected chi connectivity index (χ1v) is 12.1. The number of ketones is 1. The summed E-state index contributed by atoms with van der Waals surface area (Å²) in [5.74, 6) is 0.319. The molecule has 0 radical (unpaired) electrons. The number of ether oxygens (including phenoxy) is 1. The van der Waals surface area contributed by atoms with E-state index in [-0.39, 0.29) is 23.5 Å². The second-order valence-corrected chi connectivity index (χ2v) is 10.1. The van der Waals surface area contributed by atoms with Crippen LogP contribution in [0.3, 0.4) is 0 Å². The van der Waals surface area contributed by atoms with Crippen LogP contribution in [0.25, 0.3) is 11.1 Å². The Morgan fingerprint density at radius 2 is 2.03 bits per heavy atom. The van der Waals surface area contributed by atoms with Gasteiger partial charge in [0.05, 0.1) is 17.1 Å². The summed E-state index contributed by atoms with van der Waals surface area (Å²) in [7, 11) is -3.26. The Hall–Kier alpha value is -2.71. The van der Waals surface area contributed by atoms with E-state index in [1.165, 1.54) is 6.26 Å². The van der Waals surface area contributed by atoms with Gasteiger partial charge in [0.25, 0.3) is 0 Å². The van der Waals surface area contributed by atoms with Gasteiger partial charge in [-0.3, -0.25) is 9.79 Å². The van der Waals surface area contributed by atoms with Crippen LogP contribution in [-0.2, 0) is 14.6 Å². The van der Waals surface area contributed by atoms with Crippen molar-refractivity contribution in [1.82, 2.24) is 9.88 Å². The topological polar surface area (TPSA) is 88.9 Å². The van der Waals surface area contributed by atoms with Crippen molar-refractivity contribution in [2.45, 2.75) is 24.3 Å². The van der Waals surface area contributed by atoms with E-state index in [9.17, 15) is 13.2 Å². The smallest absolute Gasteiger partial charge is 0.214 e. The Morgan fingerprint density at radius 3 is 2.77 bits per heavy atom. The van der Waals surface area contributed by atoms with Gasteiger partial charge in [-0.15, -0.1) is 0 Å². The van der Waals surface area contributed by atoms with Gasteiger partial charge in [-0.2, -0.15) is 0 Å². The zero-order valence-electron chi connectivity index (χ0n) is 17.2. The van der Waals surface area contributed by atoms with Crippen LogP contribution in [0.1, 0.15) is 12.0 Å². The maximum Gasteiger partial charge on any atom is 0.214 e. The van der Waals surface area contributed by atoms with Crippen molar-refractivity contribution in [1.29, 1.82) is 0 Å². The third-order valence-electron chi connectivity index (χ3n) is 5.36. The van der Waals surface area contributed by atoms with Crippen molar-refractivity contribution in [2.24, 2.45) is 4.99 Å². The van der Waals surface area contributed by atoms with Crippen molar-refractivity contribution < 1.29 is 17.9 Å². The van der Waals surface area contributed by atoms with E-state index in [0.717, 1.165) is 23.1 Å². The molecule has 162 valence electrons. The number of dihydropyridines is 1. The number of hydrogen-bond acceptors (Lipinski definition) is 7. The fourth-order valence-corrected chi connectivity index (χ4v) is 4.68. The number of carbonyl (C=O) groups excluding carboxylic acids is 1. The number of allylic oxidation sites excluding steroid dienone is 1. The SMILES string of the molecule is Cc1cc(S(C)(=O)=O)ccc1-c1ccnc(O[C@@H]2CCN(C3=C(Cl)C(=O)CN=C3)C2)c1. The molecule has 1 fully saturated rings. The third kappa shape index (κ3) is 4.65. The van der Waals surface area contributed by atoms with Crippen molar-refractivity contribution >= 4 is 33.4 Å². The number of benzene rings is 1. The number of aromatic nitrogens is 1. The number of carbonyl (C=O) groups is 1. The number of aliphatic imine (C=N–C) groups is 1. The average molecular weight is 460 g/mol. The van der Waals surface area contributed by atoms with Gasteiger partial charge in [0, 0.05) is 37.7 Å². The van der Waals surface area contributed by atoms with E-state index in [2.05, 4.69) is 9.98 Å². The summed E-state index contributed by atoms with van der Waals surface area (Å²) in [5, 5.41) is 0.226. The van der Waals surface area contributed by atoms with Crippen LogP contribution >= 0.6 is 11.6 Å². The first-order valence-electron chi connectivity index (χ1n) is 9.84. The van der Waals surface area contributed by atoms with E-state index in [0.29, 0.717) is 29.6 Å². The number of rotatable bonds is 5. The Labute approximate surface area is 186 Å². The number of likely N-dealkylation sites (tertiary alicyclic amines) is 1. The molecule has 7 nitrogen and oxygen atoms in total. The molecular formula is C22H22ClN3O4S. The van der Waals surface area contributed by atoms with Crippen molar-refractivity contribution in [3.05, 3.63) is 52.8 Å². The monoisotopic (exact) mass is 459 g/mol. The minimum Gasteiger partial charge on any atom is -0.472 e. The summed E-state index contributed by atoms with van der Waals surface area (Å²) in [6.45, 7) is 3.27. The number of Topliss-reactive ketones (excluding diaryl/α,β-unsaturated/α-hetero) is 1. The minimum absolute atomic E-state index is 0.0946. The Balaban J connectivity index is 1.50. The number of nitrogens with zero attached hydrogens (tertiary/aromatic N) is 3. The first-order chi connectivity index (χ1) is 14.7. The minimum atomic E-state index is -3.26. The van der Waals surface area contributed by atoms with Crippen molar-refractivity contribution in [3.63, 3.8) is 0 Å². The molecule has 9 heteroatoms. The number of pyridine rings is 1. The molecule has 31 heavy (non-hydrogen) atoms. The van der Waals surface area contributed by atoms with Gasteiger partial charge in [-0.25, -0.2) is 13.4 Å². The van der Waals surface area contributed by atoms with Crippen LogP contribution in [0.5, 0.6) is 5.88 Å². The predicted octanol–water partition coefficient (Wildman–Crippen LogP) is 3.02. The number of hydrogen-bond donors (Lipinski definition) is 0. The molecule has 0 saturated carbocycles. The summed E-state index contributed by atoms with van der Waals surface area (Å²) >= 11 is 6.17. The molecule has 1 atom stereocenters. The predicted molar refractivity (Wildman–Crippen MR) is 119 cm³/mol. The molecule has 2 aliphatic rings. The summed E-state index contributed by atoms with van der Waals surface area (Å²) in [6.07, 6.45) is 5.19. The lowest BCUT2D eigenvalue weighted by molar-refractivity contribution is -0.113. The lowest BCUT2D eigenvalue weighted by Gasteiger charge is -2.22. The highest BCUT2D eigenvalue weighted by Gasteiger charge is 2.29. The Bertz CT molecular complexity index is 1210. The zero-order valence-corrected chi connectivity index (χ0v) is 18.8.